The minimum Gasteiger partial charge on any atom is -0.507 e. The van der Waals surface area contributed by atoms with Crippen LogP contribution in [0.2, 0.25) is 0 Å². The van der Waals surface area contributed by atoms with E-state index in [2.05, 4.69) is 0 Å². The maximum absolute atomic E-state index is 13.7. The van der Waals surface area contributed by atoms with E-state index in [1.807, 2.05) is 50.3 Å². The number of halogens is 6. The minimum absolute atomic E-state index is 0.0264. The molecular weight excluding hydrogens is 600 g/mol. The fraction of sp³-hybridized carbons (Fsp3) is 0.353. The van der Waals surface area contributed by atoms with Gasteiger partial charge in [-0.15, -0.1) is 0 Å². The molecule has 6 rings (SSSR count). The summed E-state index contributed by atoms with van der Waals surface area (Å²) in [7, 11) is 0. The third-order valence-electron chi connectivity index (χ3n) is 9.12. The van der Waals surface area contributed by atoms with Crippen molar-refractivity contribution in [2.24, 2.45) is 17.8 Å². The first-order valence-electron chi connectivity index (χ1n) is 14.5. The Morgan fingerprint density at radius 2 is 1.58 bits per heavy atom. The molecule has 5 nitrogen and oxygen atoms in total. The number of ether oxygens (including phenoxy) is 1. The molecule has 11 heteroatoms. The van der Waals surface area contributed by atoms with Crippen molar-refractivity contribution in [3.63, 3.8) is 0 Å². The van der Waals surface area contributed by atoms with Gasteiger partial charge in [-0.25, -0.2) is 4.90 Å². The number of allylic oxidation sites excluding steroid dienone is 2. The molecule has 45 heavy (non-hydrogen) atoms. The molecule has 0 spiro atoms. The fourth-order valence-corrected chi connectivity index (χ4v) is 7.08. The van der Waals surface area contributed by atoms with Crippen molar-refractivity contribution in [2.75, 3.05) is 11.5 Å². The van der Waals surface area contributed by atoms with E-state index in [4.69, 9.17) is 4.74 Å². The van der Waals surface area contributed by atoms with Crippen molar-refractivity contribution in [3.05, 3.63) is 88.0 Å². The third kappa shape index (κ3) is 5.51. The lowest BCUT2D eigenvalue weighted by atomic mass is 9.70. The molecule has 3 aliphatic rings. The molecule has 0 unspecified atom stereocenters. The average molecular weight is 630 g/mol. The van der Waals surface area contributed by atoms with Gasteiger partial charge in [-0.3, -0.25) is 9.59 Å². The quantitative estimate of drug-likeness (QED) is 0.175. The Labute approximate surface area is 254 Å². The molecule has 4 atom stereocenters. The van der Waals surface area contributed by atoms with Crippen LogP contribution in [0.15, 0.2) is 71.3 Å². The van der Waals surface area contributed by atoms with Crippen LogP contribution in [-0.4, -0.2) is 29.6 Å². The number of carbonyl (C=O) groups excluding carboxylic acids is 2. The molecule has 2 amide bonds. The summed E-state index contributed by atoms with van der Waals surface area (Å²) in [6.45, 7) is 3.93. The summed E-state index contributed by atoms with van der Waals surface area (Å²) in [5.74, 6) is -3.78. The van der Waals surface area contributed by atoms with Gasteiger partial charge in [0.15, 0.2) is 0 Å². The van der Waals surface area contributed by atoms with Crippen molar-refractivity contribution >= 4 is 34.4 Å². The highest BCUT2D eigenvalue weighted by molar-refractivity contribution is 6.22. The molecule has 0 saturated carbocycles. The summed E-state index contributed by atoms with van der Waals surface area (Å²) < 4.78 is 87.3. The van der Waals surface area contributed by atoms with Crippen LogP contribution in [0.1, 0.15) is 49.8 Å². The first kappa shape index (κ1) is 30.9. The number of carbonyl (C=O) groups is 2. The van der Waals surface area contributed by atoms with Crippen molar-refractivity contribution in [2.45, 2.75) is 51.6 Å². The Balaban J connectivity index is 1.23. The highest BCUT2D eigenvalue weighted by Gasteiger charge is 2.57. The molecule has 0 bridgehead atoms. The fourth-order valence-electron chi connectivity index (χ4n) is 7.08. The number of aromatic hydroxyl groups is 1. The number of anilines is 1. The Morgan fingerprint density at radius 3 is 2.22 bits per heavy atom. The van der Waals surface area contributed by atoms with Gasteiger partial charge in [-0.2, -0.15) is 26.3 Å². The van der Waals surface area contributed by atoms with Crippen molar-refractivity contribution < 1.29 is 45.8 Å². The van der Waals surface area contributed by atoms with Crippen LogP contribution in [0.3, 0.4) is 0 Å². The maximum Gasteiger partial charge on any atom is 0.416 e. The van der Waals surface area contributed by atoms with Crippen LogP contribution in [0.5, 0.6) is 5.75 Å². The summed E-state index contributed by atoms with van der Waals surface area (Å²) in [6.07, 6.45) is -7.17. The van der Waals surface area contributed by atoms with Crippen molar-refractivity contribution in [1.82, 2.24) is 0 Å². The van der Waals surface area contributed by atoms with Gasteiger partial charge in [0.1, 0.15) is 5.75 Å². The van der Waals surface area contributed by atoms with E-state index in [-0.39, 0.29) is 30.9 Å². The first-order valence-corrected chi connectivity index (χ1v) is 14.5. The standard InChI is InChI=1S/C34H29F6NO4/c1-17(11-19-8-9-27(42)24-6-4-3-5-23(19)24)7-10-28-29-18(2)12-25-30(26(29)16-45-28)32(44)41(31(25)43)22-14-20(33(35,36)37)13-21(15-22)34(38,39)40/h3-6,8-9,11,13-15,25-26,28,30,42H,7,10,12,16H2,1-2H3/b17-11+/t25-,26+,28-,30-/m1/s1. The molecular formula is C34H29F6NO4. The summed E-state index contributed by atoms with van der Waals surface area (Å²) >= 11 is 0. The zero-order valence-corrected chi connectivity index (χ0v) is 24.3. The molecule has 3 aromatic rings. The van der Waals surface area contributed by atoms with Gasteiger partial charge in [-0.05, 0) is 73.9 Å². The molecule has 236 valence electrons. The molecule has 2 heterocycles. The van der Waals surface area contributed by atoms with Crippen molar-refractivity contribution in [3.8, 4) is 5.75 Å². The van der Waals surface area contributed by atoms with Gasteiger partial charge >= 0.3 is 12.4 Å². The summed E-state index contributed by atoms with van der Waals surface area (Å²) in [5.41, 5.74) is -0.205. The van der Waals surface area contributed by atoms with E-state index in [1.165, 1.54) is 0 Å². The summed E-state index contributed by atoms with van der Waals surface area (Å²) in [6, 6.07) is 11.8. The molecule has 2 fully saturated rings. The van der Waals surface area contributed by atoms with Crippen LogP contribution in [-0.2, 0) is 26.7 Å². The number of alkyl halides is 6. The predicted molar refractivity (Wildman–Crippen MR) is 155 cm³/mol. The van der Waals surface area contributed by atoms with Crippen LogP contribution in [0.4, 0.5) is 32.0 Å². The molecule has 2 aliphatic heterocycles. The van der Waals surface area contributed by atoms with E-state index in [1.54, 1.807) is 6.07 Å². The Bertz CT molecular complexity index is 1740. The normalized spacial score (nSPS) is 24.1. The molecule has 2 saturated heterocycles. The van der Waals surface area contributed by atoms with E-state index >= 15 is 0 Å². The lowest BCUT2D eigenvalue weighted by molar-refractivity contribution is -0.143. The Morgan fingerprint density at radius 1 is 0.933 bits per heavy atom. The summed E-state index contributed by atoms with van der Waals surface area (Å²) in [5, 5.41) is 11.8. The zero-order valence-electron chi connectivity index (χ0n) is 24.3. The van der Waals surface area contributed by atoms with E-state index < -0.39 is 58.7 Å². The van der Waals surface area contributed by atoms with Crippen LogP contribution >= 0.6 is 0 Å². The number of hydrogen-bond acceptors (Lipinski definition) is 4. The smallest absolute Gasteiger partial charge is 0.416 e. The lowest BCUT2D eigenvalue weighted by Gasteiger charge is -2.30. The monoisotopic (exact) mass is 629 g/mol. The highest BCUT2D eigenvalue weighted by atomic mass is 19.4. The van der Waals surface area contributed by atoms with E-state index in [0.29, 0.717) is 29.9 Å². The Kier molecular flexibility index (Phi) is 7.58. The van der Waals surface area contributed by atoms with Crippen LogP contribution in [0, 0.1) is 17.8 Å². The number of amides is 2. The molecule has 0 radical (unpaired) electrons. The SMILES string of the molecule is CC1=C2[C@@H](CC/C(C)=C/c3ccc(O)c4ccccc34)OC[C@@H]2[C@@H]2C(=O)N(c3cc(C(F)(F)F)cc(C(F)(F)F)c3)C(=O)[C@@H]2C1. The number of benzene rings is 3. The second kappa shape index (κ2) is 11.0. The minimum atomic E-state index is -5.12. The average Bonchev–Trinajstić information content (AvgIpc) is 3.51. The molecule has 0 aromatic heterocycles. The van der Waals surface area contributed by atoms with Gasteiger partial charge in [0, 0.05) is 11.3 Å². The lowest BCUT2D eigenvalue weighted by Crippen LogP contribution is -2.34. The van der Waals surface area contributed by atoms with Gasteiger partial charge in [0.25, 0.3) is 0 Å². The largest absolute Gasteiger partial charge is 0.507 e. The Hall–Kier alpha value is -4.12. The van der Waals surface area contributed by atoms with E-state index in [0.717, 1.165) is 33.1 Å². The van der Waals surface area contributed by atoms with Crippen LogP contribution < -0.4 is 4.90 Å². The van der Waals surface area contributed by atoms with Crippen molar-refractivity contribution in [1.29, 1.82) is 0 Å². The van der Waals surface area contributed by atoms with E-state index in [9.17, 15) is 41.0 Å². The number of phenolic OH excluding ortho intramolecular Hbond substituents is 1. The number of fused-ring (bicyclic) bond motifs is 4. The topological polar surface area (TPSA) is 66.8 Å². The molecule has 1 N–H and O–H groups in total. The summed E-state index contributed by atoms with van der Waals surface area (Å²) in [4.78, 5) is 27.6. The third-order valence-corrected chi connectivity index (χ3v) is 9.12. The number of hydrogen-bond donors (Lipinski definition) is 1. The predicted octanol–water partition coefficient (Wildman–Crippen LogP) is 8.31. The zero-order chi connectivity index (χ0) is 32.4. The highest BCUT2D eigenvalue weighted by Crippen LogP contribution is 2.51. The number of rotatable bonds is 5. The molecule has 1 aliphatic carbocycles. The van der Waals surface area contributed by atoms with Gasteiger partial charge in [0.2, 0.25) is 11.8 Å². The van der Waals surface area contributed by atoms with Crippen LogP contribution in [0.25, 0.3) is 16.8 Å². The van der Waals surface area contributed by atoms with Gasteiger partial charge in [0.05, 0.1) is 41.4 Å². The molecule has 3 aromatic carbocycles. The maximum atomic E-state index is 13.7. The number of imide groups is 1. The number of phenols is 1. The second-order valence-electron chi connectivity index (χ2n) is 12.0. The van der Waals surface area contributed by atoms with Gasteiger partial charge in [-0.1, -0.05) is 47.6 Å². The number of nitrogens with zero attached hydrogens (tertiary/aromatic N) is 1. The second-order valence-corrected chi connectivity index (χ2v) is 12.0. The first-order chi connectivity index (χ1) is 21.1. The van der Waals surface area contributed by atoms with Gasteiger partial charge < -0.3 is 9.84 Å².